The van der Waals surface area contributed by atoms with Crippen LogP contribution in [0.15, 0.2) is 24.3 Å². The van der Waals surface area contributed by atoms with Gasteiger partial charge in [-0.05, 0) is 118 Å². The highest BCUT2D eigenvalue weighted by Crippen LogP contribution is 2.48. The van der Waals surface area contributed by atoms with E-state index in [1.165, 1.54) is 0 Å². The first kappa shape index (κ1) is 31.2. The first-order chi connectivity index (χ1) is 16.1. The van der Waals surface area contributed by atoms with Gasteiger partial charge in [0.2, 0.25) is 0 Å². The second-order valence-corrected chi connectivity index (χ2v) is 13.3. The van der Waals surface area contributed by atoms with Gasteiger partial charge in [0.15, 0.2) is 0 Å². The van der Waals surface area contributed by atoms with Crippen molar-refractivity contribution >= 4 is 0 Å². The van der Waals surface area contributed by atoms with Gasteiger partial charge in [0.1, 0.15) is 11.5 Å². The predicted molar refractivity (Wildman–Crippen MR) is 144 cm³/mol. The average Bonchev–Trinajstić information content (AvgIpc) is 2.62. The minimum Gasteiger partial charge on any atom is -0.456 e. The number of benzene rings is 2. The van der Waals surface area contributed by atoms with Crippen molar-refractivity contribution < 1.29 is 35.4 Å². The summed E-state index contributed by atoms with van der Waals surface area (Å²) < 4.78 is 6.54. The smallest absolute Gasteiger partial charge is 0.139 e. The van der Waals surface area contributed by atoms with Gasteiger partial charge in [-0.3, -0.25) is 0 Å². The Morgan fingerprint density at radius 2 is 0.568 bits per heavy atom. The quantitative estimate of drug-likeness (QED) is 0.295. The number of hydrogen-bond acceptors (Lipinski definition) is 7. The number of ether oxygens (including phenoxy) is 1. The normalized spacial score (nSPS) is 14.2. The first-order valence-corrected chi connectivity index (χ1v) is 12.6. The molecule has 2 aromatic rings. The average molecular weight is 519 g/mol. The molecular formula is C30H46O7. The number of hydrogen-bond donors (Lipinski definition) is 6. The van der Waals surface area contributed by atoms with Crippen molar-refractivity contribution in [1.82, 2.24) is 0 Å². The predicted octanol–water partition coefficient (Wildman–Crippen LogP) is 4.84. The lowest BCUT2D eigenvalue weighted by molar-refractivity contribution is 0.0578. The minimum absolute atomic E-state index is 0.139. The van der Waals surface area contributed by atoms with Crippen molar-refractivity contribution in [2.45, 2.75) is 117 Å². The van der Waals surface area contributed by atoms with Gasteiger partial charge in [-0.25, -0.2) is 0 Å². The SMILES string of the molecule is CC(C)(O)c1cc(C(C)(C)O)c(Oc2c(C(C)(C)O)cc(C(C)(C)O)cc2C(C)(C)O)c(C(C)(C)O)c1. The summed E-state index contributed by atoms with van der Waals surface area (Å²) in [7, 11) is 0. The molecule has 0 aliphatic carbocycles. The van der Waals surface area contributed by atoms with E-state index < -0.39 is 33.6 Å². The number of rotatable bonds is 8. The van der Waals surface area contributed by atoms with E-state index >= 15 is 0 Å². The fourth-order valence-electron chi connectivity index (χ4n) is 4.10. The molecule has 0 radical (unpaired) electrons. The standard InChI is InChI=1S/C30H46O7/c1-25(2,31)17-13-19(27(5,6)33)23(20(14-17)28(7,8)34)37-24-21(29(9,10)35)15-18(26(3,4)32)16-22(24)30(11,12)36/h13-16,31-36H,1-12H3. The van der Waals surface area contributed by atoms with Crippen molar-refractivity contribution in [1.29, 1.82) is 0 Å². The summed E-state index contributed by atoms with van der Waals surface area (Å²) >= 11 is 0. The molecule has 0 aliphatic rings. The van der Waals surface area contributed by atoms with Crippen molar-refractivity contribution in [3.05, 3.63) is 57.6 Å². The van der Waals surface area contributed by atoms with Crippen LogP contribution in [0.1, 0.15) is 116 Å². The fourth-order valence-corrected chi connectivity index (χ4v) is 4.10. The molecule has 0 spiro atoms. The van der Waals surface area contributed by atoms with Gasteiger partial charge in [-0.2, -0.15) is 0 Å². The third kappa shape index (κ3) is 7.11. The molecule has 0 bridgehead atoms. The van der Waals surface area contributed by atoms with Crippen LogP contribution >= 0.6 is 0 Å². The molecule has 0 fully saturated rings. The van der Waals surface area contributed by atoms with Crippen LogP contribution in [-0.4, -0.2) is 30.6 Å². The Balaban J connectivity index is 3.12. The molecule has 208 valence electrons. The maximum absolute atomic E-state index is 11.2. The Hall–Kier alpha value is -2.00. The Morgan fingerprint density at radius 3 is 0.703 bits per heavy atom. The van der Waals surface area contributed by atoms with Crippen LogP contribution in [0, 0.1) is 0 Å². The maximum Gasteiger partial charge on any atom is 0.139 e. The van der Waals surface area contributed by atoms with Crippen molar-refractivity contribution in [2.24, 2.45) is 0 Å². The largest absolute Gasteiger partial charge is 0.456 e. The summed E-state index contributed by atoms with van der Waals surface area (Å²) in [5.41, 5.74) is -6.19. The van der Waals surface area contributed by atoms with Crippen LogP contribution in [0.2, 0.25) is 0 Å². The van der Waals surface area contributed by atoms with Crippen LogP contribution in [0.3, 0.4) is 0 Å². The topological polar surface area (TPSA) is 131 Å². The third-order valence-corrected chi connectivity index (χ3v) is 6.43. The molecule has 0 aromatic heterocycles. The van der Waals surface area contributed by atoms with Gasteiger partial charge in [0, 0.05) is 22.3 Å². The van der Waals surface area contributed by atoms with E-state index in [0.717, 1.165) is 0 Å². The van der Waals surface area contributed by atoms with Crippen LogP contribution in [-0.2, 0) is 33.6 Å². The summed E-state index contributed by atoms with van der Waals surface area (Å²) in [5, 5.41) is 66.2. The lowest BCUT2D eigenvalue weighted by Crippen LogP contribution is -2.28. The summed E-state index contributed by atoms with van der Waals surface area (Å²) in [6.07, 6.45) is 0. The monoisotopic (exact) mass is 518 g/mol. The molecule has 0 saturated heterocycles. The van der Waals surface area contributed by atoms with Crippen LogP contribution < -0.4 is 4.74 Å². The lowest BCUT2D eigenvalue weighted by Gasteiger charge is -2.34. The zero-order chi connectivity index (χ0) is 29.2. The van der Waals surface area contributed by atoms with Gasteiger partial charge in [0.25, 0.3) is 0 Å². The Morgan fingerprint density at radius 1 is 0.378 bits per heavy atom. The summed E-state index contributed by atoms with van der Waals surface area (Å²) in [5.74, 6) is 0.278. The molecule has 6 N–H and O–H groups in total. The van der Waals surface area contributed by atoms with E-state index in [0.29, 0.717) is 33.4 Å². The zero-order valence-electron chi connectivity index (χ0n) is 24.4. The molecular weight excluding hydrogens is 472 g/mol. The molecule has 0 unspecified atom stereocenters. The molecule has 37 heavy (non-hydrogen) atoms. The van der Waals surface area contributed by atoms with Crippen LogP contribution in [0.5, 0.6) is 11.5 Å². The van der Waals surface area contributed by atoms with Crippen LogP contribution in [0.25, 0.3) is 0 Å². The number of aliphatic hydroxyl groups is 6. The second-order valence-electron chi connectivity index (χ2n) is 13.3. The van der Waals surface area contributed by atoms with E-state index in [-0.39, 0.29) is 11.5 Å². The second kappa shape index (κ2) is 9.33. The summed E-state index contributed by atoms with van der Waals surface area (Å²) in [4.78, 5) is 0. The van der Waals surface area contributed by atoms with Crippen molar-refractivity contribution in [2.75, 3.05) is 0 Å². The minimum atomic E-state index is -1.45. The van der Waals surface area contributed by atoms with Gasteiger partial charge in [-0.15, -0.1) is 0 Å². The van der Waals surface area contributed by atoms with Gasteiger partial charge < -0.3 is 35.4 Å². The molecule has 7 heteroatoms. The van der Waals surface area contributed by atoms with Gasteiger partial charge in [0.05, 0.1) is 33.6 Å². The molecule has 0 aliphatic heterocycles. The van der Waals surface area contributed by atoms with Crippen molar-refractivity contribution in [3.63, 3.8) is 0 Å². The molecule has 7 nitrogen and oxygen atoms in total. The fraction of sp³-hybridized carbons (Fsp3) is 0.600. The Kier molecular flexibility index (Phi) is 7.87. The highest BCUT2D eigenvalue weighted by molar-refractivity contribution is 5.57. The first-order valence-electron chi connectivity index (χ1n) is 12.6. The zero-order valence-corrected chi connectivity index (χ0v) is 24.4. The van der Waals surface area contributed by atoms with Crippen molar-refractivity contribution in [3.8, 4) is 11.5 Å². The highest BCUT2D eigenvalue weighted by Gasteiger charge is 2.37. The molecule has 0 saturated carbocycles. The summed E-state index contributed by atoms with van der Waals surface area (Å²) in [6.45, 7) is 19.0. The third-order valence-electron chi connectivity index (χ3n) is 6.43. The molecule has 0 atom stereocenters. The maximum atomic E-state index is 11.2. The molecule has 0 heterocycles. The van der Waals surface area contributed by atoms with E-state index in [2.05, 4.69) is 0 Å². The molecule has 2 aromatic carbocycles. The van der Waals surface area contributed by atoms with Crippen LogP contribution in [0.4, 0.5) is 0 Å². The Bertz CT molecular complexity index is 976. The van der Waals surface area contributed by atoms with E-state index in [1.54, 1.807) is 107 Å². The lowest BCUT2D eigenvalue weighted by atomic mass is 9.82. The van der Waals surface area contributed by atoms with E-state index in [1.807, 2.05) is 0 Å². The van der Waals surface area contributed by atoms with E-state index in [4.69, 9.17) is 4.74 Å². The van der Waals surface area contributed by atoms with Gasteiger partial charge >= 0.3 is 0 Å². The Labute approximate surface area is 221 Å². The molecule has 2 rings (SSSR count). The van der Waals surface area contributed by atoms with E-state index in [9.17, 15) is 30.6 Å². The summed E-state index contributed by atoms with van der Waals surface area (Å²) in [6, 6.07) is 6.51. The highest BCUT2D eigenvalue weighted by atomic mass is 16.5. The molecule has 0 amide bonds. The van der Waals surface area contributed by atoms with Gasteiger partial charge in [-0.1, -0.05) is 0 Å².